The number of hydrogen-bond acceptors (Lipinski definition) is 3. The Labute approximate surface area is 97.2 Å². The molecule has 0 N–H and O–H groups in total. The largest absolute Gasteiger partial charge is 0.246 e. The first kappa shape index (κ1) is 8.82. The Kier molecular flexibility index (Phi) is 1.61. The first-order valence-electron chi connectivity index (χ1n) is 5.64. The lowest BCUT2D eigenvalue weighted by molar-refractivity contribution is 0.933. The van der Waals surface area contributed by atoms with Gasteiger partial charge < -0.3 is 0 Å². The van der Waals surface area contributed by atoms with Crippen molar-refractivity contribution < 1.29 is 0 Å². The third-order valence-electron chi connectivity index (χ3n) is 3.18. The van der Waals surface area contributed by atoms with E-state index in [9.17, 15) is 0 Å². The second-order valence-electron chi connectivity index (χ2n) is 4.19. The third-order valence-corrected chi connectivity index (χ3v) is 3.18. The van der Waals surface area contributed by atoms with Gasteiger partial charge in [-0.1, -0.05) is 30.4 Å². The first-order chi connectivity index (χ1) is 8.43. The molecule has 4 rings (SSSR count). The maximum absolute atomic E-state index is 4.67. The standard InChI is InChI=1S/C14H9N3/c1-3-7-11-9(5-1)14-13(15-11)10-6-2-4-8-12(10)16-17-14/h1-5,7-8H,6H2. The average molecular weight is 219 g/mol. The number of para-hydroxylation sites is 1. The lowest BCUT2D eigenvalue weighted by Gasteiger charge is -2.04. The fraction of sp³-hybridized carbons (Fsp3) is 0.0714. The number of nitrogens with zero attached hydrogens (tertiary/aromatic N) is 3. The van der Waals surface area contributed by atoms with Crippen LogP contribution in [0, 0.1) is 10.6 Å². The van der Waals surface area contributed by atoms with Gasteiger partial charge in [0.25, 0.3) is 0 Å². The van der Waals surface area contributed by atoms with Crippen LogP contribution in [-0.4, -0.2) is 10.2 Å². The fourth-order valence-corrected chi connectivity index (χ4v) is 2.35. The van der Waals surface area contributed by atoms with Gasteiger partial charge in [0.05, 0.1) is 16.4 Å². The summed E-state index contributed by atoms with van der Waals surface area (Å²) in [6.45, 7) is 0. The zero-order valence-electron chi connectivity index (χ0n) is 9.09. The molecule has 1 aliphatic carbocycles. The van der Waals surface area contributed by atoms with E-state index >= 15 is 0 Å². The molecule has 0 radical (unpaired) electrons. The van der Waals surface area contributed by atoms with Gasteiger partial charge in [-0.2, -0.15) is 5.10 Å². The van der Waals surface area contributed by atoms with Gasteiger partial charge >= 0.3 is 0 Å². The summed E-state index contributed by atoms with van der Waals surface area (Å²) >= 11 is 0. The minimum atomic E-state index is 0.890. The zero-order valence-corrected chi connectivity index (χ0v) is 9.09. The Morgan fingerprint density at radius 2 is 2.00 bits per heavy atom. The molecule has 1 aromatic heterocycles. The maximum Gasteiger partial charge on any atom is 0.121 e. The summed E-state index contributed by atoms with van der Waals surface area (Å²) in [4.78, 5) is 4.67. The van der Waals surface area contributed by atoms with E-state index in [1.54, 1.807) is 0 Å². The maximum atomic E-state index is 4.67. The molecule has 17 heavy (non-hydrogen) atoms. The normalized spacial score (nSPS) is 14.4. The molecular weight excluding hydrogens is 210 g/mol. The van der Waals surface area contributed by atoms with Crippen molar-refractivity contribution in [2.45, 2.75) is 6.42 Å². The molecule has 0 fully saturated rings. The monoisotopic (exact) mass is 219 g/mol. The Hall–Kier alpha value is -2.29. The molecular formula is C14H9N3. The van der Waals surface area contributed by atoms with Crippen LogP contribution >= 0.6 is 0 Å². The lowest BCUT2D eigenvalue weighted by atomic mass is 10.1. The van der Waals surface area contributed by atoms with E-state index in [-0.39, 0.29) is 0 Å². The molecule has 2 aromatic rings. The van der Waals surface area contributed by atoms with Crippen molar-refractivity contribution in [1.82, 2.24) is 10.2 Å². The third kappa shape index (κ3) is 1.13. The van der Waals surface area contributed by atoms with E-state index in [0.717, 1.165) is 33.4 Å². The molecule has 0 spiro atoms. The van der Waals surface area contributed by atoms with Gasteiger partial charge in [0, 0.05) is 10.8 Å². The molecule has 0 saturated heterocycles. The van der Waals surface area contributed by atoms with Crippen LogP contribution < -0.4 is 10.7 Å². The molecule has 0 saturated carbocycles. The van der Waals surface area contributed by atoms with Crippen LogP contribution in [0.15, 0.2) is 41.4 Å². The SMILES string of the molecule is C1=CCc2c3c(nnc2=C1)=c1ccccc1=N3. The van der Waals surface area contributed by atoms with Crippen molar-refractivity contribution in [3.8, 4) is 0 Å². The second kappa shape index (κ2) is 3.10. The first-order valence-corrected chi connectivity index (χ1v) is 5.64. The molecule has 2 aliphatic rings. The number of allylic oxidation sites excluding steroid dienone is 2. The molecule has 3 nitrogen and oxygen atoms in total. The lowest BCUT2D eigenvalue weighted by Crippen LogP contribution is -2.17. The highest BCUT2D eigenvalue weighted by Crippen LogP contribution is 2.20. The van der Waals surface area contributed by atoms with E-state index in [4.69, 9.17) is 0 Å². The van der Waals surface area contributed by atoms with Crippen LogP contribution in [0.3, 0.4) is 0 Å². The number of fused-ring (bicyclic) bond motifs is 4. The quantitative estimate of drug-likeness (QED) is 0.564. The molecule has 1 aromatic carbocycles. The van der Waals surface area contributed by atoms with Crippen LogP contribution in [0.2, 0.25) is 0 Å². The van der Waals surface area contributed by atoms with Gasteiger partial charge in [-0.15, -0.1) is 5.10 Å². The second-order valence-corrected chi connectivity index (χ2v) is 4.19. The van der Waals surface area contributed by atoms with Crippen molar-refractivity contribution in [2.24, 2.45) is 4.99 Å². The smallest absolute Gasteiger partial charge is 0.121 e. The molecule has 0 atom stereocenters. The van der Waals surface area contributed by atoms with Crippen molar-refractivity contribution in [3.63, 3.8) is 0 Å². The number of rotatable bonds is 0. The van der Waals surface area contributed by atoms with E-state index < -0.39 is 0 Å². The highest BCUT2D eigenvalue weighted by atomic mass is 15.1. The zero-order chi connectivity index (χ0) is 11.2. The Morgan fingerprint density at radius 3 is 3.00 bits per heavy atom. The molecule has 2 heterocycles. The molecule has 3 heteroatoms. The van der Waals surface area contributed by atoms with Gasteiger partial charge in [-0.05, 0) is 18.6 Å². The van der Waals surface area contributed by atoms with Crippen molar-refractivity contribution in [3.05, 3.63) is 63.3 Å². The van der Waals surface area contributed by atoms with Crippen LogP contribution in [-0.2, 0) is 6.42 Å². The van der Waals surface area contributed by atoms with E-state index in [1.165, 1.54) is 5.56 Å². The van der Waals surface area contributed by atoms with Crippen LogP contribution in [0.4, 0.5) is 5.69 Å². The van der Waals surface area contributed by atoms with Gasteiger partial charge in [0.2, 0.25) is 0 Å². The minimum Gasteiger partial charge on any atom is -0.246 e. The Morgan fingerprint density at radius 1 is 1.06 bits per heavy atom. The highest BCUT2D eigenvalue weighted by Gasteiger charge is 2.12. The summed E-state index contributed by atoms with van der Waals surface area (Å²) in [5.41, 5.74) is 2.19. The van der Waals surface area contributed by atoms with Crippen molar-refractivity contribution >= 4 is 11.8 Å². The Bertz CT molecular complexity index is 863. The van der Waals surface area contributed by atoms with Gasteiger partial charge in [-0.3, -0.25) is 0 Å². The van der Waals surface area contributed by atoms with E-state index in [0.29, 0.717) is 0 Å². The summed E-state index contributed by atoms with van der Waals surface area (Å²) in [5, 5.41) is 12.5. The van der Waals surface area contributed by atoms with Gasteiger partial charge in [-0.25, -0.2) is 4.99 Å². The van der Waals surface area contributed by atoms with Crippen LogP contribution in [0.5, 0.6) is 0 Å². The predicted molar refractivity (Wildman–Crippen MR) is 63.9 cm³/mol. The predicted octanol–water partition coefficient (Wildman–Crippen LogP) is 0.921. The molecule has 80 valence electrons. The summed E-state index contributed by atoms with van der Waals surface area (Å²) in [7, 11) is 0. The number of aromatic nitrogens is 2. The van der Waals surface area contributed by atoms with Crippen molar-refractivity contribution in [2.75, 3.05) is 0 Å². The number of benzene rings is 1. The van der Waals surface area contributed by atoms with E-state index in [2.05, 4.69) is 21.3 Å². The average Bonchev–Trinajstić information content (AvgIpc) is 2.78. The van der Waals surface area contributed by atoms with E-state index in [1.807, 2.05) is 36.4 Å². The summed E-state index contributed by atoms with van der Waals surface area (Å²) in [6, 6.07) is 8.08. The fourth-order valence-electron chi connectivity index (χ4n) is 2.35. The molecule has 1 aliphatic heterocycles. The number of hydrogen-bond donors (Lipinski definition) is 0. The summed E-state index contributed by atoms with van der Waals surface area (Å²) in [6.07, 6.45) is 7.03. The molecule has 0 amide bonds. The molecule has 0 unspecified atom stereocenters. The Balaban J connectivity index is 2.27. The van der Waals surface area contributed by atoms with Gasteiger partial charge in [0.1, 0.15) is 5.35 Å². The minimum absolute atomic E-state index is 0.890. The highest BCUT2D eigenvalue weighted by molar-refractivity contribution is 5.54. The van der Waals surface area contributed by atoms with Crippen LogP contribution in [0.1, 0.15) is 5.56 Å². The van der Waals surface area contributed by atoms with Crippen molar-refractivity contribution in [1.29, 1.82) is 0 Å². The topological polar surface area (TPSA) is 38.1 Å². The summed E-state index contributed by atoms with van der Waals surface area (Å²) in [5.74, 6) is 0. The van der Waals surface area contributed by atoms with Crippen LogP contribution in [0.25, 0.3) is 6.08 Å². The molecule has 0 bridgehead atoms. The summed E-state index contributed by atoms with van der Waals surface area (Å²) < 4.78 is 0. The van der Waals surface area contributed by atoms with Gasteiger partial charge in [0.15, 0.2) is 0 Å².